The Kier molecular flexibility index (Phi) is 6.01. The van der Waals surface area contributed by atoms with Gasteiger partial charge >= 0.3 is 0 Å². The van der Waals surface area contributed by atoms with E-state index in [9.17, 15) is 4.79 Å². The fraction of sp³-hybridized carbons (Fsp3) is 0.174. The normalized spacial score (nSPS) is 11.4. The van der Waals surface area contributed by atoms with E-state index in [0.29, 0.717) is 26.6 Å². The monoisotopic (exact) mass is 494 g/mol. The Morgan fingerprint density at radius 1 is 1.06 bits per heavy atom. The number of benzene rings is 2. The van der Waals surface area contributed by atoms with E-state index in [-0.39, 0.29) is 5.56 Å². The van der Waals surface area contributed by atoms with Crippen LogP contribution in [0, 0.1) is 6.92 Å². The standard InChI is InChI=1S/C23H19ClN6OS2/c1-3-19-28-30-20(31)12-17(25-22(30)33-19)13-32-23-27-26-21(15-6-8-16(24)9-7-15)29(23)18-10-4-14(2)5-11-18/h4-12H,3,13H2,1-2H3. The van der Waals surface area contributed by atoms with Crippen molar-refractivity contribution >= 4 is 39.7 Å². The first-order valence-corrected chi connectivity index (χ1v) is 12.5. The lowest BCUT2D eigenvalue weighted by molar-refractivity contribution is 0.851. The molecule has 2 aromatic carbocycles. The Morgan fingerprint density at radius 3 is 2.55 bits per heavy atom. The average molecular weight is 495 g/mol. The van der Waals surface area contributed by atoms with Crippen LogP contribution in [0.1, 0.15) is 23.2 Å². The predicted octanol–water partition coefficient (Wildman–Crippen LogP) is 5.22. The smallest absolute Gasteiger partial charge is 0.270 e. The predicted molar refractivity (Wildman–Crippen MR) is 133 cm³/mol. The average Bonchev–Trinajstić information content (AvgIpc) is 3.43. The molecule has 166 valence electrons. The molecule has 0 aliphatic carbocycles. The third-order valence-electron chi connectivity index (χ3n) is 5.02. The molecule has 0 saturated carbocycles. The zero-order valence-corrected chi connectivity index (χ0v) is 20.3. The van der Waals surface area contributed by atoms with E-state index in [0.717, 1.165) is 28.5 Å². The number of rotatable bonds is 6. The van der Waals surface area contributed by atoms with Crippen molar-refractivity contribution in [2.24, 2.45) is 0 Å². The first kappa shape index (κ1) is 21.8. The summed E-state index contributed by atoms with van der Waals surface area (Å²) in [5, 5.41) is 15.5. The molecule has 3 heterocycles. The SMILES string of the molecule is CCc1nn2c(=O)cc(CSc3nnc(-c4ccc(Cl)cc4)n3-c3ccc(C)cc3)nc2s1. The van der Waals surface area contributed by atoms with Crippen molar-refractivity contribution in [1.82, 2.24) is 29.4 Å². The Morgan fingerprint density at radius 2 is 1.82 bits per heavy atom. The maximum Gasteiger partial charge on any atom is 0.275 e. The molecule has 3 aromatic heterocycles. The summed E-state index contributed by atoms with van der Waals surface area (Å²) < 4.78 is 3.38. The van der Waals surface area contributed by atoms with Gasteiger partial charge in [-0.25, -0.2) is 4.98 Å². The molecule has 5 rings (SSSR count). The van der Waals surface area contributed by atoms with Gasteiger partial charge in [0.1, 0.15) is 5.01 Å². The summed E-state index contributed by atoms with van der Waals surface area (Å²) >= 11 is 9.00. The van der Waals surface area contributed by atoms with Crippen LogP contribution >= 0.6 is 34.7 Å². The largest absolute Gasteiger partial charge is 0.275 e. The molecule has 0 amide bonds. The van der Waals surface area contributed by atoms with Crippen LogP contribution < -0.4 is 5.56 Å². The van der Waals surface area contributed by atoms with Crippen LogP contribution in [0.3, 0.4) is 0 Å². The van der Waals surface area contributed by atoms with Crippen LogP contribution in [0.5, 0.6) is 0 Å². The molecule has 7 nitrogen and oxygen atoms in total. The van der Waals surface area contributed by atoms with Gasteiger partial charge in [-0.3, -0.25) is 9.36 Å². The van der Waals surface area contributed by atoms with Gasteiger partial charge < -0.3 is 0 Å². The van der Waals surface area contributed by atoms with Crippen molar-refractivity contribution in [2.75, 3.05) is 0 Å². The molecular formula is C23H19ClN6OS2. The number of hydrogen-bond acceptors (Lipinski definition) is 7. The number of aryl methyl sites for hydroxylation is 2. The van der Waals surface area contributed by atoms with Crippen LogP contribution in [-0.2, 0) is 12.2 Å². The molecule has 0 atom stereocenters. The van der Waals surface area contributed by atoms with E-state index in [1.54, 1.807) is 0 Å². The second-order valence-electron chi connectivity index (χ2n) is 7.40. The lowest BCUT2D eigenvalue weighted by atomic mass is 10.2. The molecule has 0 radical (unpaired) electrons. The van der Waals surface area contributed by atoms with Gasteiger partial charge in [-0.2, -0.15) is 9.61 Å². The maximum atomic E-state index is 12.5. The number of halogens is 1. The minimum Gasteiger partial charge on any atom is -0.270 e. The lowest BCUT2D eigenvalue weighted by Gasteiger charge is -2.11. The van der Waals surface area contributed by atoms with Gasteiger partial charge in [0.2, 0.25) is 4.96 Å². The van der Waals surface area contributed by atoms with Gasteiger partial charge in [0, 0.05) is 28.1 Å². The van der Waals surface area contributed by atoms with Gasteiger partial charge in [0.25, 0.3) is 5.56 Å². The molecule has 0 aliphatic heterocycles. The molecular weight excluding hydrogens is 476 g/mol. The Labute approximate surface area is 203 Å². The van der Waals surface area contributed by atoms with E-state index < -0.39 is 0 Å². The fourth-order valence-electron chi connectivity index (χ4n) is 3.33. The Bertz CT molecular complexity index is 1490. The molecule has 0 aliphatic rings. The summed E-state index contributed by atoms with van der Waals surface area (Å²) in [5.41, 5.74) is 3.55. The first-order chi connectivity index (χ1) is 16.0. The highest BCUT2D eigenvalue weighted by molar-refractivity contribution is 7.98. The summed E-state index contributed by atoms with van der Waals surface area (Å²) in [4.78, 5) is 17.7. The fourth-order valence-corrected chi connectivity index (χ4v) is 5.16. The van der Waals surface area contributed by atoms with Crippen molar-refractivity contribution in [3.63, 3.8) is 0 Å². The van der Waals surface area contributed by atoms with Crippen molar-refractivity contribution in [2.45, 2.75) is 31.2 Å². The van der Waals surface area contributed by atoms with Gasteiger partial charge in [-0.05, 0) is 49.7 Å². The molecule has 33 heavy (non-hydrogen) atoms. The maximum absolute atomic E-state index is 12.5. The highest BCUT2D eigenvalue weighted by Crippen LogP contribution is 2.30. The van der Waals surface area contributed by atoms with E-state index >= 15 is 0 Å². The van der Waals surface area contributed by atoms with Crippen LogP contribution in [0.4, 0.5) is 0 Å². The number of nitrogens with zero attached hydrogens (tertiary/aromatic N) is 6. The highest BCUT2D eigenvalue weighted by atomic mass is 35.5. The zero-order valence-electron chi connectivity index (χ0n) is 17.9. The lowest BCUT2D eigenvalue weighted by Crippen LogP contribution is -2.15. The Balaban J connectivity index is 1.51. The van der Waals surface area contributed by atoms with Gasteiger partial charge in [-0.1, -0.05) is 59.3 Å². The summed E-state index contributed by atoms with van der Waals surface area (Å²) in [5.74, 6) is 1.20. The third kappa shape index (κ3) is 4.44. The van der Waals surface area contributed by atoms with Gasteiger partial charge in [0.15, 0.2) is 11.0 Å². The molecule has 0 saturated heterocycles. The molecule has 0 bridgehead atoms. The molecule has 0 unspecified atom stereocenters. The molecule has 5 aromatic rings. The van der Waals surface area contributed by atoms with Gasteiger partial charge in [0.05, 0.1) is 5.69 Å². The molecule has 10 heteroatoms. The van der Waals surface area contributed by atoms with Crippen LogP contribution in [0.25, 0.3) is 22.0 Å². The summed E-state index contributed by atoms with van der Waals surface area (Å²) in [6.07, 6.45) is 0.769. The quantitative estimate of drug-likeness (QED) is 0.301. The van der Waals surface area contributed by atoms with Gasteiger partial charge in [-0.15, -0.1) is 10.2 Å². The first-order valence-electron chi connectivity index (χ1n) is 10.3. The van der Waals surface area contributed by atoms with Crippen molar-refractivity contribution < 1.29 is 0 Å². The second kappa shape index (κ2) is 9.09. The van der Waals surface area contributed by atoms with Crippen molar-refractivity contribution in [3.8, 4) is 17.1 Å². The molecule has 0 spiro atoms. The van der Waals surface area contributed by atoms with E-state index in [2.05, 4.69) is 39.3 Å². The molecule has 0 N–H and O–H groups in total. The topological polar surface area (TPSA) is 78.0 Å². The zero-order chi connectivity index (χ0) is 22.9. The highest BCUT2D eigenvalue weighted by Gasteiger charge is 2.17. The van der Waals surface area contributed by atoms with E-state index in [1.165, 1.54) is 39.2 Å². The summed E-state index contributed by atoms with van der Waals surface area (Å²) in [6, 6.07) is 17.3. The van der Waals surface area contributed by atoms with Crippen LogP contribution in [0.2, 0.25) is 5.02 Å². The van der Waals surface area contributed by atoms with Crippen LogP contribution in [-0.4, -0.2) is 29.4 Å². The Hall–Kier alpha value is -3.01. The number of thioether (sulfide) groups is 1. The van der Waals surface area contributed by atoms with E-state index in [4.69, 9.17) is 11.6 Å². The number of aromatic nitrogens is 6. The van der Waals surface area contributed by atoms with E-state index in [1.807, 2.05) is 47.9 Å². The molecule has 0 fully saturated rings. The minimum atomic E-state index is -0.173. The van der Waals surface area contributed by atoms with Crippen LogP contribution in [0.15, 0.2) is 64.5 Å². The number of fused-ring (bicyclic) bond motifs is 1. The summed E-state index contributed by atoms with van der Waals surface area (Å²) in [7, 11) is 0. The number of hydrogen-bond donors (Lipinski definition) is 0. The van der Waals surface area contributed by atoms with Crippen molar-refractivity contribution in [3.05, 3.63) is 86.2 Å². The second-order valence-corrected chi connectivity index (χ2v) is 9.82. The third-order valence-corrected chi connectivity index (χ3v) is 7.29. The van der Waals surface area contributed by atoms with Crippen molar-refractivity contribution in [1.29, 1.82) is 0 Å². The summed E-state index contributed by atoms with van der Waals surface area (Å²) in [6.45, 7) is 4.06. The minimum absolute atomic E-state index is 0.173.